The molecule has 1 saturated heterocycles. The van der Waals surface area contributed by atoms with Gasteiger partial charge in [-0.25, -0.2) is 4.79 Å². The molecule has 0 atom stereocenters. The van der Waals surface area contributed by atoms with E-state index in [1.807, 2.05) is 6.92 Å². The lowest BCUT2D eigenvalue weighted by Gasteiger charge is -2.10. The number of carboxylic acid groups (broad SMARTS) is 1. The smallest absolute Gasteiger partial charge is 0.341 e. The van der Waals surface area contributed by atoms with Gasteiger partial charge in [0.05, 0.1) is 12.0 Å². The highest BCUT2D eigenvalue weighted by molar-refractivity contribution is 8.26. The van der Waals surface area contributed by atoms with E-state index in [0.29, 0.717) is 27.3 Å². The third-order valence-electron chi connectivity index (χ3n) is 3.03. The van der Waals surface area contributed by atoms with Crippen molar-refractivity contribution in [2.24, 2.45) is 0 Å². The van der Waals surface area contributed by atoms with E-state index in [2.05, 4.69) is 0 Å². The molecule has 1 aromatic rings. The van der Waals surface area contributed by atoms with Crippen LogP contribution in [-0.2, 0) is 9.59 Å². The van der Waals surface area contributed by atoms with Crippen molar-refractivity contribution in [3.8, 4) is 11.5 Å². The highest BCUT2D eigenvalue weighted by Crippen LogP contribution is 2.34. The SMILES string of the molecule is CCN1C(=O)/C(=C\c2ccc(OCC(=O)O)c(OC)c2)SC1=S. The topological polar surface area (TPSA) is 76.1 Å². The minimum Gasteiger partial charge on any atom is -0.493 e. The molecule has 1 aliphatic rings. The Morgan fingerprint density at radius 1 is 1.43 bits per heavy atom. The summed E-state index contributed by atoms with van der Waals surface area (Å²) in [6.45, 7) is 1.95. The number of thiocarbonyl (C=S) groups is 1. The van der Waals surface area contributed by atoms with Crippen molar-refractivity contribution in [1.29, 1.82) is 0 Å². The fourth-order valence-electron chi connectivity index (χ4n) is 1.96. The van der Waals surface area contributed by atoms with Gasteiger partial charge in [0, 0.05) is 6.54 Å². The Morgan fingerprint density at radius 3 is 2.74 bits per heavy atom. The van der Waals surface area contributed by atoms with E-state index in [-0.39, 0.29) is 5.91 Å². The first-order chi connectivity index (χ1) is 11.0. The maximum atomic E-state index is 12.2. The van der Waals surface area contributed by atoms with Gasteiger partial charge in [0.15, 0.2) is 18.1 Å². The van der Waals surface area contributed by atoms with Crippen molar-refractivity contribution in [3.63, 3.8) is 0 Å². The first kappa shape index (κ1) is 17.3. The van der Waals surface area contributed by atoms with E-state index in [0.717, 1.165) is 5.56 Å². The average molecular weight is 353 g/mol. The Morgan fingerprint density at radius 2 is 2.17 bits per heavy atom. The van der Waals surface area contributed by atoms with Crippen LogP contribution in [0.4, 0.5) is 0 Å². The number of methoxy groups -OCH3 is 1. The standard InChI is InChI=1S/C15H15NO5S2/c1-3-16-14(19)12(23-15(16)22)7-9-4-5-10(11(6-9)20-2)21-8-13(17)18/h4-7H,3,8H2,1-2H3,(H,17,18)/b12-7+. The third-order valence-corrected chi connectivity index (χ3v) is 4.40. The van der Waals surface area contributed by atoms with E-state index in [4.69, 9.17) is 26.8 Å². The fourth-order valence-corrected chi connectivity index (χ4v) is 3.34. The number of thioether (sulfide) groups is 1. The van der Waals surface area contributed by atoms with E-state index in [1.54, 1.807) is 24.3 Å². The summed E-state index contributed by atoms with van der Waals surface area (Å²) >= 11 is 6.42. The molecule has 122 valence electrons. The Kier molecular flexibility index (Phi) is 5.62. The van der Waals surface area contributed by atoms with Gasteiger partial charge in [0.1, 0.15) is 4.32 Å². The number of rotatable bonds is 6. The summed E-state index contributed by atoms with van der Waals surface area (Å²) in [5.74, 6) is -0.467. The number of hydrogen-bond acceptors (Lipinski definition) is 6. The first-order valence-electron chi connectivity index (χ1n) is 6.74. The van der Waals surface area contributed by atoms with Crippen molar-refractivity contribution >= 4 is 46.3 Å². The minimum atomic E-state index is -1.07. The maximum Gasteiger partial charge on any atom is 0.341 e. The lowest BCUT2D eigenvalue weighted by atomic mass is 10.2. The molecule has 6 nitrogen and oxygen atoms in total. The van der Waals surface area contributed by atoms with Gasteiger partial charge in [-0.2, -0.15) is 0 Å². The molecule has 1 heterocycles. The summed E-state index contributed by atoms with van der Waals surface area (Å²) in [6, 6.07) is 5.00. The van der Waals surface area contributed by atoms with Crippen LogP contribution in [0.25, 0.3) is 6.08 Å². The molecule has 0 unspecified atom stereocenters. The number of ether oxygens (including phenoxy) is 2. The lowest BCUT2D eigenvalue weighted by molar-refractivity contribution is -0.139. The Labute approximate surface area is 143 Å². The number of carbonyl (C=O) groups is 2. The molecule has 0 saturated carbocycles. The number of amides is 1. The van der Waals surface area contributed by atoms with Crippen LogP contribution >= 0.6 is 24.0 Å². The molecule has 1 aliphatic heterocycles. The maximum absolute atomic E-state index is 12.2. The minimum absolute atomic E-state index is 0.118. The van der Waals surface area contributed by atoms with Gasteiger partial charge in [-0.15, -0.1) is 0 Å². The van der Waals surface area contributed by atoms with E-state index >= 15 is 0 Å². The summed E-state index contributed by atoms with van der Waals surface area (Å²) in [6.07, 6.45) is 1.72. The predicted molar refractivity (Wildman–Crippen MR) is 91.7 cm³/mol. The van der Waals surface area contributed by atoms with Gasteiger partial charge in [-0.3, -0.25) is 9.69 Å². The normalized spacial score (nSPS) is 16.1. The van der Waals surface area contributed by atoms with E-state index in [1.165, 1.54) is 23.8 Å². The Balaban J connectivity index is 2.24. The predicted octanol–water partition coefficient (Wildman–Crippen LogP) is 2.38. The van der Waals surface area contributed by atoms with E-state index in [9.17, 15) is 9.59 Å². The van der Waals surface area contributed by atoms with Crippen molar-refractivity contribution in [3.05, 3.63) is 28.7 Å². The van der Waals surface area contributed by atoms with Gasteiger partial charge in [-0.1, -0.05) is 30.0 Å². The van der Waals surface area contributed by atoms with Crippen LogP contribution in [-0.4, -0.2) is 46.5 Å². The number of nitrogens with zero attached hydrogens (tertiary/aromatic N) is 1. The average Bonchev–Trinajstić information content (AvgIpc) is 2.79. The van der Waals surface area contributed by atoms with Gasteiger partial charge in [0.25, 0.3) is 5.91 Å². The number of carbonyl (C=O) groups excluding carboxylic acids is 1. The van der Waals surface area contributed by atoms with Gasteiger partial charge >= 0.3 is 5.97 Å². The lowest BCUT2D eigenvalue weighted by Crippen LogP contribution is -2.27. The van der Waals surface area contributed by atoms with Crippen LogP contribution in [0.15, 0.2) is 23.1 Å². The zero-order chi connectivity index (χ0) is 17.0. The second-order valence-corrected chi connectivity index (χ2v) is 6.19. The number of aliphatic carboxylic acids is 1. The summed E-state index contributed by atoms with van der Waals surface area (Å²) in [5.41, 5.74) is 0.737. The zero-order valence-corrected chi connectivity index (χ0v) is 14.2. The monoisotopic (exact) mass is 353 g/mol. The molecule has 0 radical (unpaired) electrons. The Hall–Kier alpha value is -2.06. The summed E-state index contributed by atoms with van der Waals surface area (Å²) < 4.78 is 10.9. The number of likely N-dealkylation sites (N-methyl/N-ethyl adjacent to an activating group) is 1. The molecule has 1 amide bonds. The van der Waals surface area contributed by atoms with Crippen molar-refractivity contribution < 1.29 is 24.2 Å². The third kappa shape index (κ3) is 4.02. The molecule has 0 aliphatic carbocycles. The van der Waals surface area contributed by atoms with Crippen LogP contribution < -0.4 is 9.47 Å². The summed E-state index contributed by atoms with van der Waals surface area (Å²) in [7, 11) is 1.46. The second-order valence-electron chi connectivity index (χ2n) is 4.52. The quantitative estimate of drug-likeness (QED) is 0.621. The van der Waals surface area contributed by atoms with Crippen LogP contribution in [0.1, 0.15) is 12.5 Å². The van der Waals surface area contributed by atoms with Gasteiger partial charge in [0.2, 0.25) is 0 Å². The molecule has 1 aromatic carbocycles. The fraction of sp³-hybridized carbons (Fsp3) is 0.267. The van der Waals surface area contributed by atoms with Crippen molar-refractivity contribution in [2.45, 2.75) is 6.92 Å². The molecular formula is C15H15NO5S2. The molecule has 1 N–H and O–H groups in total. The molecule has 0 bridgehead atoms. The molecule has 2 rings (SSSR count). The molecule has 0 aromatic heterocycles. The number of benzene rings is 1. The number of carboxylic acids is 1. The van der Waals surface area contributed by atoms with Crippen LogP contribution in [0.5, 0.6) is 11.5 Å². The molecule has 1 fully saturated rings. The molecular weight excluding hydrogens is 338 g/mol. The largest absolute Gasteiger partial charge is 0.493 e. The molecule has 0 spiro atoms. The Bertz CT molecular complexity index is 686. The summed E-state index contributed by atoms with van der Waals surface area (Å²) in [5, 5.41) is 8.65. The van der Waals surface area contributed by atoms with Gasteiger partial charge < -0.3 is 14.6 Å². The number of hydrogen-bond donors (Lipinski definition) is 1. The van der Waals surface area contributed by atoms with Crippen LogP contribution in [0.2, 0.25) is 0 Å². The second kappa shape index (κ2) is 7.47. The molecule has 8 heteroatoms. The van der Waals surface area contributed by atoms with Crippen LogP contribution in [0.3, 0.4) is 0 Å². The summed E-state index contributed by atoms with van der Waals surface area (Å²) in [4.78, 5) is 24.8. The van der Waals surface area contributed by atoms with E-state index < -0.39 is 12.6 Å². The van der Waals surface area contributed by atoms with Crippen LogP contribution in [0, 0.1) is 0 Å². The van der Waals surface area contributed by atoms with Gasteiger partial charge in [-0.05, 0) is 30.7 Å². The molecule has 23 heavy (non-hydrogen) atoms. The highest BCUT2D eigenvalue weighted by atomic mass is 32.2. The first-order valence-corrected chi connectivity index (χ1v) is 7.96. The highest BCUT2D eigenvalue weighted by Gasteiger charge is 2.30. The van der Waals surface area contributed by atoms with Crippen molar-refractivity contribution in [1.82, 2.24) is 4.90 Å². The van der Waals surface area contributed by atoms with Crippen molar-refractivity contribution in [2.75, 3.05) is 20.3 Å². The zero-order valence-electron chi connectivity index (χ0n) is 12.6.